The van der Waals surface area contributed by atoms with Gasteiger partial charge in [-0.05, 0) is 49.7 Å². The van der Waals surface area contributed by atoms with Crippen molar-refractivity contribution >= 4 is 21.7 Å². The molecule has 0 radical (unpaired) electrons. The van der Waals surface area contributed by atoms with E-state index in [4.69, 9.17) is 4.74 Å². The highest BCUT2D eigenvalue weighted by Crippen LogP contribution is 2.23. The largest absolute Gasteiger partial charge is 0.494 e. The van der Waals surface area contributed by atoms with Crippen molar-refractivity contribution in [2.45, 2.75) is 18.7 Å². The zero-order valence-corrected chi connectivity index (χ0v) is 16.9. The van der Waals surface area contributed by atoms with Gasteiger partial charge in [0.05, 0.1) is 12.0 Å². The number of ketones is 1. The third-order valence-electron chi connectivity index (χ3n) is 4.20. The van der Waals surface area contributed by atoms with Crippen LogP contribution in [0.5, 0.6) is 5.75 Å². The van der Waals surface area contributed by atoms with E-state index in [0.29, 0.717) is 17.0 Å². The zero-order chi connectivity index (χ0) is 21.2. The number of nitrogens with one attached hydrogen (secondary N) is 1. The molecule has 150 valence electrons. The van der Waals surface area contributed by atoms with Crippen LogP contribution in [-0.2, 0) is 10.0 Å². The van der Waals surface area contributed by atoms with E-state index in [1.54, 1.807) is 12.3 Å². The van der Waals surface area contributed by atoms with Crippen LogP contribution in [0.15, 0.2) is 59.6 Å². The summed E-state index contributed by atoms with van der Waals surface area (Å²) in [5.41, 5.74) is 1.90. The van der Waals surface area contributed by atoms with E-state index in [9.17, 15) is 18.0 Å². The van der Waals surface area contributed by atoms with Crippen molar-refractivity contribution in [2.24, 2.45) is 0 Å². The van der Waals surface area contributed by atoms with Crippen LogP contribution in [-0.4, -0.2) is 37.0 Å². The van der Waals surface area contributed by atoms with E-state index in [1.165, 1.54) is 49.0 Å². The normalized spacial score (nSPS) is 11.1. The number of benzene rings is 2. The Hall–Kier alpha value is -3.46. The topological polar surface area (TPSA) is 107 Å². The first-order chi connectivity index (χ1) is 13.7. The first-order valence-corrected chi connectivity index (χ1v) is 10.1. The molecule has 0 aliphatic heterocycles. The molecule has 1 amide bonds. The van der Waals surface area contributed by atoms with Crippen molar-refractivity contribution in [2.75, 3.05) is 7.11 Å². The highest BCUT2D eigenvalue weighted by atomic mass is 32.2. The van der Waals surface area contributed by atoms with E-state index in [1.807, 2.05) is 23.8 Å². The van der Waals surface area contributed by atoms with Gasteiger partial charge in [0, 0.05) is 11.8 Å². The number of sulfonamides is 1. The van der Waals surface area contributed by atoms with Gasteiger partial charge >= 0.3 is 0 Å². The lowest BCUT2D eigenvalue weighted by Crippen LogP contribution is -2.31. The zero-order valence-electron chi connectivity index (χ0n) is 16.0. The molecule has 1 heterocycles. The summed E-state index contributed by atoms with van der Waals surface area (Å²) >= 11 is 0. The number of hydrogen-bond acceptors (Lipinski definition) is 6. The van der Waals surface area contributed by atoms with E-state index < -0.39 is 15.9 Å². The second kappa shape index (κ2) is 7.88. The average Bonchev–Trinajstić information content (AvgIpc) is 3.18. The minimum absolute atomic E-state index is 0.0718. The predicted octanol–water partition coefficient (Wildman–Crippen LogP) is 2.51. The number of Topliss-reactive ketones (excluding diaryl/α,β-unsaturated/α-hetero) is 1. The van der Waals surface area contributed by atoms with Crippen LogP contribution in [0.4, 0.5) is 0 Å². The summed E-state index contributed by atoms with van der Waals surface area (Å²) in [6.07, 6.45) is 1.54. The molecule has 8 nitrogen and oxygen atoms in total. The minimum atomic E-state index is -4.11. The van der Waals surface area contributed by atoms with Gasteiger partial charge < -0.3 is 4.74 Å². The molecule has 0 atom stereocenters. The minimum Gasteiger partial charge on any atom is -0.494 e. The van der Waals surface area contributed by atoms with E-state index in [0.717, 1.165) is 5.56 Å². The van der Waals surface area contributed by atoms with Gasteiger partial charge in [-0.15, -0.1) is 0 Å². The summed E-state index contributed by atoms with van der Waals surface area (Å²) in [4.78, 5) is 23.6. The van der Waals surface area contributed by atoms with E-state index in [-0.39, 0.29) is 16.4 Å². The number of methoxy groups -OCH3 is 1. The molecule has 1 aromatic heterocycles. The molecule has 0 aliphatic carbocycles. The molecule has 0 bridgehead atoms. The Kier molecular flexibility index (Phi) is 5.51. The highest BCUT2D eigenvalue weighted by Gasteiger charge is 2.21. The second-order valence-corrected chi connectivity index (χ2v) is 8.02. The summed E-state index contributed by atoms with van der Waals surface area (Å²) in [7, 11) is -2.59. The standard InChI is InChI=1S/C20H19N3O5S/c1-13-4-9-19(28-3)18(12-13)23-11-10-17(21-23)20(25)22-29(26,27)16-7-5-15(6-8-16)14(2)24/h4-12H,1-3H3,(H,22,25). The monoisotopic (exact) mass is 413 g/mol. The van der Waals surface area contributed by atoms with Crippen molar-refractivity contribution in [3.63, 3.8) is 0 Å². The molecule has 3 rings (SSSR count). The van der Waals surface area contributed by atoms with Gasteiger partial charge in [0.25, 0.3) is 15.9 Å². The molecular formula is C20H19N3O5S. The van der Waals surface area contributed by atoms with Gasteiger partial charge in [-0.3, -0.25) is 9.59 Å². The summed E-state index contributed by atoms with van der Waals surface area (Å²) in [5.74, 6) is -0.495. The predicted molar refractivity (Wildman–Crippen MR) is 106 cm³/mol. The molecule has 0 saturated heterocycles. The number of carbonyl (C=O) groups is 2. The first-order valence-electron chi connectivity index (χ1n) is 8.60. The Labute approximate surface area is 168 Å². The molecule has 0 spiro atoms. The first kappa shape index (κ1) is 20.3. The van der Waals surface area contributed by atoms with Gasteiger partial charge in [0.2, 0.25) is 0 Å². The van der Waals surface area contributed by atoms with Crippen molar-refractivity contribution in [1.29, 1.82) is 0 Å². The number of hydrogen-bond donors (Lipinski definition) is 1. The summed E-state index contributed by atoms with van der Waals surface area (Å²) in [5, 5.41) is 4.16. The molecule has 9 heteroatoms. The lowest BCUT2D eigenvalue weighted by Gasteiger charge is -2.09. The van der Waals surface area contributed by atoms with Crippen molar-refractivity contribution in [1.82, 2.24) is 14.5 Å². The van der Waals surface area contributed by atoms with Crippen LogP contribution in [0.2, 0.25) is 0 Å². The Morgan fingerprint density at radius 2 is 1.76 bits per heavy atom. The Balaban J connectivity index is 1.83. The molecule has 0 aliphatic rings. The van der Waals surface area contributed by atoms with Crippen LogP contribution in [0, 0.1) is 6.92 Å². The highest BCUT2D eigenvalue weighted by molar-refractivity contribution is 7.90. The van der Waals surface area contributed by atoms with E-state index in [2.05, 4.69) is 5.10 Å². The summed E-state index contributed by atoms with van der Waals surface area (Å²) < 4.78 is 33.6. The third kappa shape index (κ3) is 4.35. The average molecular weight is 413 g/mol. The van der Waals surface area contributed by atoms with Gasteiger partial charge in [0.15, 0.2) is 11.5 Å². The summed E-state index contributed by atoms with van der Waals surface area (Å²) in [6.45, 7) is 3.29. The Bertz CT molecular complexity index is 1180. The fourth-order valence-electron chi connectivity index (χ4n) is 2.66. The molecule has 3 aromatic rings. The number of aryl methyl sites for hydroxylation is 1. The van der Waals surface area contributed by atoms with Crippen molar-refractivity contribution in [3.05, 3.63) is 71.5 Å². The van der Waals surface area contributed by atoms with Crippen LogP contribution < -0.4 is 9.46 Å². The fraction of sp³-hybridized carbons (Fsp3) is 0.150. The molecule has 0 saturated carbocycles. The van der Waals surface area contributed by atoms with Crippen LogP contribution in [0.25, 0.3) is 5.69 Å². The maximum Gasteiger partial charge on any atom is 0.285 e. The van der Waals surface area contributed by atoms with Gasteiger partial charge in [-0.1, -0.05) is 18.2 Å². The van der Waals surface area contributed by atoms with Gasteiger partial charge in [-0.25, -0.2) is 17.8 Å². The molecule has 2 aromatic carbocycles. The maximum atomic E-state index is 12.4. The van der Waals surface area contributed by atoms with E-state index >= 15 is 0 Å². The third-order valence-corrected chi connectivity index (χ3v) is 5.55. The smallest absolute Gasteiger partial charge is 0.285 e. The molecule has 29 heavy (non-hydrogen) atoms. The number of nitrogens with zero attached hydrogens (tertiary/aromatic N) is 2. The summed E-state index contributed by atoms with van der Waals surface area (Å²) in [6, 6.07) is 12.2. The lowest BCUT2D eigenvalue weighted by molar-refractivity contribution is 0.0974. The number of amides is 1. The number of rotatable bonds is 6. The van der Waals surface area contributed by atoms with Crippen molar-refractivity contribution < 1.29 is 22.7 Å². The molecular weight excluding hydrogens is 394 g/mol. The van der Waals surface area contributed by atoms with Crippen LogP contribution >= 0.6 is 0 Å². The SMILES string of the molecule is COc1ccc(C)cc1-n1ccc(C(=O)NS(=O)(=O)c2ccc(C(C)=O)cc2)n1. The molecule has 0 fully saturated rings. The number of ether oxygens (including phenoxy) is 1. The number of carbonyl (C=O) groups excluding carboxylic acids is 2. The van der Waals surface area contributed by atoms with Gasteiger partial charge in [0.1, 0.15) is 11.4 Å². The fourth-order valence-corrected chi connectivity index (χ4v) is 3.62. The van der Waals surface area contributed by atoms with Crippen LogP contribution in [0.3, 0.4) is 0 Å². The number of aromatic nitrogens is 2. The van der Waals surface area contributed by atoms with Crippen LogP contribution in [0.1, 0.15) is 33.3 Å². The Morgan fingerprint density at radius 1 is 1.07 bits per heavy atom. The lowest BCUT2D eigenvalue weighted by atomic mass is 10.2. The molecule has 1 N–H and O–H groups in total. The maximum absolute atomic E-state index is 12.4. The van der Waals surface area contributed by atoms with Gasteiger partial charge in [-0.2, -0.15) is 5.10 Å². The Morgan fingerprint density at radius 3 is 2.38 bits per heavy atom. The molecule has 0 unspecified atom stereocenters. The second-order valence-electron chi connectivity index (χ2n) is 6.34. The van der Waals surface area contributed by atoms with Crippen molar-refractivity contribution in [3.8, 4) is 11.4 Å². The quantitative estimate of drug-likeness (QED) is 0.622.